The lowest BCUT2D eigenvalue weighted by atomic mass is 9.98. The van der Waals surface area contributed by atoms with Crippen molar-refractivity contribution in [1.82, 2.24) is 10.3 Å². The van der Waals surface area contributed by atoms with Crippen molar-refractivity contribution in [2.24, 2.45) is 0 Å². The van der Waals surface area contributed by atoms with Gasteiger partial charge in [0.05, 0.1) is 0 Å². The first-order valence-electron chi connectivity index (χ1n) is 7.45. The Morgan fingerprint density at radius 2 is 1.95 bits per heavy atom. The molecule has 1 heterocycles. The number of pyridine rings is 1. The van der Waals surface area contributed by atoms with Crippen molar-refractivity contribution in [1.29, 1.82) is 0 Å². The standard InChI is InChI=1S/C18H22N2O2/c1-13(2)17-5-4-16(10-14(17)3)22-12-18(21)20-11-15-6-8-19-9-7-15/h4-10,13H,11-12H2,1-3H3,(H,20,21). The van der Waals surface area contributed by atoms with E-state index in [0.717, 1.165) is 11.3 Å². The second kappa shape index (κ2) is 7.59. The number of carbonyl (C=O) groups excluding carboxylic acids is 1. The first-order chi connectivity index (χ1) is 10.6. The lowest BCUT2D eigenvalue weighted by Crippen LogP contribution is -2.28. The van der Waals surface area contributed by atoms with E-state index in [9.17, 15) is 4.79 Å². The van der Waals surface area contributed by atoms with Gasteiger partial charge >= 0.3 is 0 Å². The summed E-state index contributed by atoms with van der Waals surface area (Å²) >= 11 is 0. The summed E-state index contributed by atoms with van der Waals surface area (Å²) in [6.45, 7) is 6.89. The van der Waals surface area contributed by atoms with E-state index in [-0.39, 0.29) is 12.5 Å². The lowest BCUT2D eigenvalue weighted by molar-refractivity contribution is -0.123. The summed E-state index contributed by atoms with van der Waals surface area (Å²) < 4.78 is 5.55. The summed E-state index contributed by atoms with van der Waals surface area (Å²) in [6.07, 6.45) is 3.41. The highest BCUT2D eigenvalue weighted by Gasteiger charge is 2.06. The van der Waals surface area contributed by atoms with Crippen LogP contribution in [0.15, 0.2) is 42.7 Å². The zero-order valence-electron chi connectivity index (χ0n) is 13.3. The number of hydrogen-bond donors (Lipinski definition) is 1. The largest absolute Gasteiger partial charge is 0.484 e. The Balaban J connectivity index is 1.82. The van der Waals surface area contributed by atoms with Crippen molar-refractivity contribution in [2.75, 3.05) is 6.61 Å². The van der Waals surface area contributed by atoms with Crippen LogP contribution in [0.1, 0.15) is 36.5 Å². The summed E-state index contributed by atoms with van der Waals surface area (Å²) in [7, 11) is 0. The SMILES string of the molecule is Cc1cc(OCC(=O)NCc2ccncc2)ccc1C(C)C. The van der Waals surface area contributed by atoms with Crippen molar-refractivity contribution in [3.05, 3.63) is 59.4 Å². The third-order valence-corrected chi connectivity index (χ3v) is 3.47. The summed E-state index contributed by atoms with van der Waals surface area (Å²) in [5.74, 6) is 1.07. The Hall–Kier alpha value is -2.36. The predicted molar refractivity (Wildman–Crippen MR) is 86.8 cm³/mol. The van der Waals surface area contributed by atoms with Crippen LogP contribution in [0.3, 0.4) is 0 Å². The van der Waals surface area contributed by atoms with Crippen LogP contribution in [0.25, 0.3) is 0 Å². The number of hydrogen-bond acceptors (Lipinski definition) is 3. The molecule has 0 saturated heterocycles. The fourth-order valence-electron chi connectivity index (χ4n) is 2.29. The molecule has 0 aliphatic rings. The molecule has 0 fully saturated rings. The van der Waals surface area contributed by atoms with Crippen molar-refractivity contribution >= 4 is 5.91 Å². The van der Waals surface area contributed by atoms with E-state index >= 15 is 0 Å². The van der Waals surface area contributed by atoms with E-state index in [2.05, 4.69) is 37.1 Å². The van der Waals surface area contributed by atoms with Gasteiger partial charge in [0.1, 0.15) is 5.75 Å². The van der Waals surface area contributed by atoms with E-state index < -0.39 is 0 Å². The van der Waals surface area contributed by atoms with Crippen LogP contribution < -0.4 is 10.1 Å². The third-order valence-electron chi connectivity index (χ3n) is 3.47. The number of nitrogens with zero attached hydrogens (tertiary/aromatic N) is 1. The Labute approximate surface area is 131 Å². The fourth-order valence-corrected chi connectivity index (χ4v) is 2.29. The average Bonchev–Trinajstić information content (AvgIpc) is 2.51. The zero-order valence-corrected chi connectivity index (χ0v) is 13.3. The van der Waals surface area contributed by atoms with Gasteiger partial charge in [-0.2, -0.15) is 0 Å². The van der Waals surface area contributed by atoms with Crippen LogP contribution in [0, 0.1) is 6.92 Å². The molecular formula is C18H22N2O2. The Morgan fingerprint density at radius 3 is 2.59 bits per heavy atom. The Bertz CT molecular complexity index is 624. The Kier molecular flexibility index (Phi) is 5.53. The summed E-state index contributed by atoms with van der Waals surface area (Å²) in [5, 5.41) is 2.82. The van der Waals surface area contributed by atoms with E-state index in [0.29, 0.717) is 12.5 Å². The minimum Gasteiger partial charge on any atom is -0.484 e. The molecule has 1 amide bonds. The number of aryl methyl sites for hydroxylation is 1. The highest BCUT2D eigenvalue weighted by molar-refractivity contribution is 5.77. The lowest BCUT2D eigenvalue weighted by Gasteiger charge is -2.12. The molecule has 0 atom stereocenters. The molecule has 0 aliphatic heterocycles. The molecule has 0 bridgehead atoms. The van der Waals surface area contributed by atoms with Gasteiger partial charge in [-0.05, 0) is 53.8 Å². The van der Waals surface area contributed by atoms with Gasteiger partial charge in [-0.25, -0.2) is 0 Å². The first kappa shape index (κ1) is 16.0. The second-order valence-electron chi connectivity index (χ2n) is 5.59. The average molecular weight is 298 g/mol. The van der Waals surface area contributed by atoms with Crippen LogP contribution in [0.2, 0.25) is 0 Å². The number of benzene rings is 1. The molecule has 0 unspecified atom stereocenters. The molecule has 0 radical (unpaired) electrons. The molecule has 4 heteroatoms. The number of ether oxygens (including phenoxy) is 1. The van der Waals surface area contributed by atoms with Crippen molar-refractivity contribution in [3.63, 3.8) is 0 Å². The van der Waals surface area contributed by atoms with Gasteiger partial charge in [0.2, 0.25) is 0 Å². The molecule has 0 spiro atoms. The number of carbonyl (C=O) groups is 1. The zero-order chi connectivity index (χ0) is 15.9. The predicted octanol–water partition coefficient (Wildman–Crippen LogP) is 3.21. The normalized spacial score (nSPS) is 10.5. The van der Waals surface area contributed by atoms with Gasteiger partial charge in [0.25, 0.3) is 5.91 Å². The number of rotatable bonds is 6. The maximum atomic E-state index is 11.8. The van der Waals surface area contributed by atoms with Gasteiger partial charge in [-0.3, -0.25) is 9.78 Å². The summed E-state index contributed by atoms with van der Waals surface area (Å²) in [4.78, 5) is 15.7. The molecule has 116 valence electrons. The van der Waals surface area contributed by atoms with Crippen LogP contribution in [-0.2, 0) is 11.3 Å². The minimum absolute atomic E-state index is 0.0194. The smallest absolute Gasteiger partial charge is 0.258 e. The van der Waals surface area contributed by atoms with Gasteiger partial charge in [0, 0.05) is 18.9 Å². The van der Waals surface area contributed by atoms with Crippen molar-refractivity contribution in [2.45, 2.75) is 33.2 Å². The van der Waals surface area contributed by atoms with Gasteiger partial charge in [-0.15, -0.1) is 0 Å². The molecule has 22 heavy (non-hydrogen) atoms. The van der Waals surface area contributed by atoms with Gasteiger partial charge < -0.3 is 10.1 Å². The van der Waals surface area contributed by atoms with E-state index in [1.807, 2.05) is 24.3 Å². The van der Waals surface area contributed by atoms with Gasteiger partial charge in [0.15, 0.2) is 6.61 Å². The minimum atomic E-state index is -0.137. The molecule has 4 nitrogen and oxygen atoms in total. The molecule has 2 aromatic rings. The number of nitrogens with one attached hydrogen (secondary N) is 1. The quantitative estimate of drug-likeness (QED) is 0.891. The second-order valence-corrected chi connectivity index (χ2v) is 5.59. The first-order valence-corrected chi connectivity index (χ1v) is 7.45. The molecule has 1 N–H and O–H groups in total. The molecule has 1 aromatic carbocycles. The molecule has 1 aromatic heterocycles. The summed E-state index contributed by atoms with van der Waals surface area (Å²) in [6, 6.07) is 9.69. The van der Waals surface area contributed by atoms with Crippen LogP contribution in [0.4, 0.5) is 0 Å². The van der Waals surface area contributed by atoms with Crippen molar-refractivity contribution < 1.29 is 9.53 Å². The van der Waals surface area contributed by atoms with E-state index in [1.54, 1.807) is 12.4 Å². The Morgan fingerprint density at radius 1 is 1.23 bits per heavy atom. The fraction of sp³-hybridized carbons (Fsp3) is 0.333. The number of amides is 1. The van der Waals surface area contributed by atoms with Crippen LogP contribution >= 0.6 is 0 Å². The maximum absolute atomic E-state index is 11.8. The third kappa shape index (κ3) is 4.58. The van der Waals surface area contributed by atoms with Gasteiger partial charge in [-0.1, -0.05) is 19.9 Å². The highest BCUT2D eigenvalue weighted by Crippen LogP contribution is 2.23. The summed E-state index contributed by atoms with van der Waals surface area (Å²) in [5.41, 5.74) is 3.50. The monoisotopic (exact) mass is 298 g/mol. The molecular weight excluding hydrogens is 276 g/mol. The number of aromatic nitrogens is 1. The maximum Gasteiger partial charge on any atom is 0.258 e. The molecule has 0 aliphatic carbocycles. The topological polar surface area (TPSA) is 51.2 Å². The molecule has 0 saturated carbocycles. The van der Waals surface area contributed by atoms with Crippen LogP contribution in [0.5, 0.6) is 5.75 Å². The van der Waals surface area contributed by atoms with E-state index in [1.165, 1.54) is 11.1 Å². The highest BCUT2D eigenvalue weighted by atomic mass is 16.5. The van der Waals surface area contributed by atoms with Crippen molar-refractivity contribution in [3.8, 4) is 5.75 Å². The molecule has 2 rings (SSSR count). The van der Waals surface area contributed by atoms with E-state index in [4.69, 9.17) is 4.74 Å². The van der Waals surface area contributed by atoms with Crippen LogP contribution in [-0.4, -0.2) is 17.5 Å².